The monoisotopic (exact) mass is 536 g/mol. The van der Waals surface area contributed by atoms with Crippen molar-refractivity contribution in [3.8, 4) is 11.4 Å². The summed E-state index contributed by atoms with van der Waals surface area (Å²) in [4.78, 5) is 15.4. The minimum atomic E-state index is -1.54. The van der Waals surface area contributed by atoms with Crippen molar-refractivity contribution >= 4 is 23.2 Å². The first-order chi connectivity index (χ1) is 18.8. The van der Waals surface area contributed by atoms with Crippen LogP contribution in [-0.4, -0.2) is 94.5 Å². The van der Waals surface area contributed by atoms with E-state index in [1.54, 1.807) is 36.4 Å². The molecule has 0 aliphatic carbocycles. The van der Waals surface area contributed by atoms with Gasteiger partial charge in [-0.05, 0) is 54.1 Å². The maximum Gasteiger partial charge on any atom is 0.335 e. The van der Waals surface area contributed by atoms with E-state index in [1.807, 2.05) is 0 Å². The number of aliphatic hydroxyl groups excluding tert-OH is 4. The van der Waals surface area contributed by atoms with E-state index in [0.29, 0.717) is 28.0 Å². The lowest BCUT2D eigenvalue weighted by Crippen LogP contribution is -2.60. The average molecular weight is 537 g/mol. The molecule has 5 rings (SSSR count). The molecule has 1 fully saturated rings. The fourth-order valence-corrected chi connectivity index (χ4v) is 4.01. The Bertz CT molecular complexity index is 1560. The summed E-state index contributed by atoms with van der Waals surface area (Å²) < 4.78 is 13.7. The third kappa shape index (κ3) is 5.14. The van der Waals surface area contributed by atoms with E-state index in [4.69, 9.17) is 20.0 Å². The molecule has 39 heavy (non-hydrogen) atoms. The van der Waals surface area contributed by atoms with Crippen molar-refractivity contribution in [3.63, 3.8) is 0 Å². The highest BCUT2D eigenvalue weighted by Crippen LogP contribution is 2.24. The van der Waals surface area contributed by atoms with Gasteiger partial charge in [-0.2, -0.15) is 10.2 Å². The predicted molar refractivity (Wildman–Crippen MR) is 133 cm³/mol. The Morgan fingerprint density at radius 2 is 1.79 bits per heavy atom. The Hall–Kier alpha value is -4.47. The highest BCUT2D eigenvalue weighted by atomic mass is 16.7. The van der Waals surface area contributed by atoms with Crippen LogP contribution in [-0.2, 0) is 4.74 Å². The number of rotatable bonds is 7. The molecule has 2 aromatic heterocycles. The quantitative estimate of drug-likeness (QED) is 0.166. The molecule has 1 aliphatic heterocycles. The van der Waals surface area contributed by atoms with Crippen LogP contribution in [0.1, 0.15) is 15.9 Å². The topological polar surface area (TPSA) is 209 Å². The predicted octanol–water partition coefficient (Wildman–Crippen LogP) is -0.539. The van der Waals surface area contributed by atoms with E-state index in [9.17, 15) is 25.2 Å². The van der Waals surface area contributed by atoms with Gasteiger partial charge in [0.15, 0.2) is 11.1 Å². The molecule has 1 saturated heterocycles. The third-order valence-corrected chi connectivity index (χ3v) is 6.19. The van der Waals surface area contributed by atoms with Crippen LogP contribution in [0.4, 0.5) is 0 Å². The van der Waals surface area contributed by atoms with Gasteiger partial charge in [0.05, 0.1) is 35.7 Å². The molecule has 0 radical (unpaired) electrons. The second-order valence-corrected chi connectivity index (χ2v) is 8.71. The van der Waals surface area contributed by atoms with Gasteiger partial charge in [-0.3, -0.25) is 5.41 Å². The Morgan fingerprint density at radius 1 is 1.08 bits per heavy atom. The van der Waals surface area contributed by atoms with E-state index in [1.165, 1.54) is 40.2 Å². The number of hydrogen-bond donors (Lipinski definition) is 6. The number of aliphatic hydroxyl groups is 4. The fourth-order valence-electron chi connectivity index (χ4n) is 4.01. The summed E-state index contributed by atoms with van der Waals surface area (Å²) in [6, 6.07) is 12.6. The minimum absolute atomic E-state index is 0.0345. The van der Waals surface area contributed by atoms with Crippen molar-refractivity contribution in [1.82, 2.24) is 19.4 Å². The molecule has 14 heteroatoms. The molecule has 0 amide bonds. The highest BCUT2D eigenvalue weighted by molar-refractivity contribution is 5.88. The van der Waals surface area contributed by atoms with Gasteiger partial charge in [-0.15, -0.1) is 0 Å². The van der Waals surface area contributed by atoms with Gasteiger partial charge < -0.3 is 35.0 Å². The summed E-state index contributed by atoms with van der Waals surface area (Å²) in [7, 11) is 0. The summed E-state index contributed by atoms with van der Waals surface area (Å²) in [5, 5.41) is 65.8. The van der Waals surface area contributed by atoms with Gasteiger partial charge in [-0.1, -0.05) is 0 Å². The normalized spacial score (nSPS) is 23.3. The van der Waals surface area contributed by atoms with Gasteiger partial charge in [-0.25, -0.2) is 19.1 Å². The lowest BCUT2D eigenvalue weighted by atomic mass is 9.99. The first kappa shape index (κ1) is 26.1. The van der Waals surface area contributed by atoms with Crippen molar-refractivity contribution in [2.24, 2.45) is 5.10 Å². The summed E-state index contributed by atoms with van der Waals surface area (Å²) in [6.45, 7) is -0.558. The zero-order valence-electron chi connectivity index (χ0n) is 20.1. The first-order valence-corrected chi connectivity index (χ1v) is 11.7. The zero-order valence-corrected chi connectivity index (χ0v) is 20.1. The van der Waals surface area contributed by atoms with Crippen LogP contribution >= 0.6 is 0 Å². The first-order valence-electron chi connectivity index (χ1n) is 11.7. The molecule has 5 atom stereocenters. The fraction of sp³-hybridized carbons (Fsp3) is 0.240. The van der Waals surface area contributed by atoms with Gasteiger partial charge in [0.25, 0.3) is 0 Å². The van der Waals surface area contributed by atoms with Gasteiger partial charge in [0.1, 0.15) is 36.5 Å². The molecule has 0 saturated carbocycles. The van der Waals surface area contributed by atoms with Gasteiger partial charge in [0, 0.05) is 0 Å². The third-order valence-electron chi connectivity index (χ3n) is 6.19. The molecular formula is C25H24N6O8. The molecule has 3 heterocycles. The lowest BCUT2D eigenvalue weighted by molar-refractivity contribution is -0.277. The Kier molecular flexibility index (Phi) is 7.19. The number of benzene rings is 2. The number of carboxylic acid groups (broad SMARTS) is 1. The van der Waals surface area contributed by atoms with E-state index in [0.717, 1.165) is 0 Å². The summed E-state index contributed by atoms with van der Waals surface area (Å²) in [6.07, 6.45) is -2.57. The van der Waals surface area contributed by atoms with Crippen LogP contribution in [0.5, 0.6) is 5.75 Å². The van der Waals surface area contributed by atoms with Gasteiger partial charge in [0.2, 0.25) is 6.29 Å². The number of nitrogens with one attached hydrogen (secondary N) is 1. The number of hydrogen-bond acceptors (Lipinski definition) is 11. The van der Waals surface area contributed by atoms with Crippen LogP contribution in [0.3, 0.4) is 0 Å². The van der Waals surface area contributed by atoms with Crippen molar-refractivity contribution in [2.45, 2.75) is 30.7 Å². The molecule has 202 valence electrons. The molecule has 14 nitrogen and oxygen atoms in total. The second-order valence-electron chi connectivity index (χ2n) is 8.71. The molecule has 0 bridgehead atoms. The summed E-state index contributed by atoms with van der Waals surface area (Å²) >= 11 is 0. The van der Waals surface area contributed by atoms with Crippen LogP contribution in [0.25, 0.3) is 16.7 Å². The number of carboxylic acids is 1. The number of aromatic carboxylic acids is 1. The number of nitrogens with zero attached hydrogens (tertiary/aromatic N) is 5. The molecule has 6 N–H and O–H groups in total. The second kappa shape index (κ2) is 10.7. The van der Waals surface area contributed by atoms with Crippen molar-refractivity contribution in [3.05, 3.63) is 77.7 Å². The summed E-state index contributed by atoms with van der Waals surface area (Å²) in [5.41, 5.74) is 1.83. The number of aromatic nitrogens is 4. The molecule has 0 spiro atoms. The average Bonchev–Trinajstić information content (AvgIpc) is 3.39. The van der Waals surface area contributed by atoms with Crippen LogP contribution in [0, 0.1) is 5.41 Å². The van der Waals surface area contributed by atoms with E-state index in [-0.39, 0.29) is 11.1 Å². The molecule has 1 aliphatic rings. The van der Waals surface area contributed by atoms with E-state index < -0.39 is 43.3 Å². The maximum absolute atomic E-state index is 11.1. The number of ether oxygens (including phenoxy) is 2. The largest absolute Gasteiger partial charge is 0.478 e. The lowest BCUT2D eigenvalue weighted by Gasteiger charge is -2.39. The Morgan fingerprint density at radius 3 is 2.46 bits per heavy atom. The number of fused-ring (bicyclic) bond motifs is 1. The standard InChI is InChI=1S/C25H24N6O8/c26-22-17-10-29-31(15-5-3-14(4-6-15)24(36)37)23(17)27-12-30(22)28-9-13-1-7-16(8-2-13)38-25-21(35)20(34)19(33)18(11-32)39-25/h1-10,12,18-21,25-26,32-35H,11H2,(H,36,37). The molecule has 4 aromatic rings. The summed E-state index contributed by atoms with van der Waals surface area (Å²) in [5.74, 6) is -0.731. The minimum Gasteiger partial charge on any atom is -0.478 e. The maximum atomic E-state index is 11.1. The van der Waals surface area contributed by atoms with Crippen LogP contribution < -0.4 is 10.2 Å². The van der Waals surface area contributed by atoms with Crippen molar-refractivity contribution in [2.75, 3.05) is 6.61 Å². The molecular weight excluding hydrogens is 512 g/mol. The zero-order chi connectivity index (χ0) is 27.7. The Labute approximate surface area is 219 Å². The number of carbonyl (C=O) groups is 1. The van der Waals surface area contributed by atoms with Crippen LogP contribution in [0.2, 0.25) is 0 Å². The smallest absolute Gasteiger partial charge is 0.335 e. The molecule has 2 aromatic carbocycles. The van der Waals surface area contributed by atoms with E-state index >= 15 is 0 Å². The van der Waals surface area contributed by atoms with Crippen molar-refractivity contribution < 1.29 is 39.8 Å². The van der Waals surface area contributed by atoms with Gasteiger partial charge >= 0.3 is 5.97 Å². The SMILES string of the molecule is N=c1c2cnn(-c3ccc(C(=O)O)cc3)c2ncn1N=Cc1ccc(OC2OC(CO)C(O)C(O)C2O)cc1. The highest BCUT2D eigenvalue weighted by Gasteiger charge is 2.44. The van der Waals surface area contributed by atoms with E-state index in [2.05, 4.69) is 15.2 Å². The molecule has 5 unspecified atom stereocenters. The van der Waals surface area contributed by atoms with Crippen LogP contribution in [0.15, 0.2) is 66.2 Å². The van der Waals surface area contributed by atoms with Crippen molar-refractivity contribution in [1.29, 1.82) is 5.41 Å². The Balaban J connectivity index is 1.30.